The van der Waals surface area contributed by atoms with Gasteiger partial charge in [0.15, 0.2) is 0 Å². The zero-order valence-electron chi connectivity index (χ0n) is 9.31. The van der Waals surface area contributed by atoms with Crippen molar-refractivity contribution >= 4 is 0 Å². The molecule has 3 rings (SSSR count). The summed E-state index contributed by atoms with van der Waals surface area (Å²) < 4.78 is 5.89. The summed E-state index contributed by atoms with van der Waals surface area (Å²) in [7, 11) is 0. The molecule has 0 radical (unpaired) electrons. The first-order valence-corrected chi connectivity index (χ1v) is 5.68. The van der Waals surface area contributed by atoms with Gasteiger partial charge in [-0.1, -0.05) is 48.5 Å². The summed E-state index contributed by atoms with van der Waals surface area (Å²) in [4.78, 5) is 0. The Morgan fingerprint density at radius 2 is 1.81 bits per heavy atom. The van der Waals surface area contributed by atoms with Crippen molar-refractivity contribution in [3.63, 3.8) is 0 Å². The Labute approximate surface area is 95.7 Å². The second-order valence-electron chi connectivity index (χ2n) is 4.29. The number of hydrogen-bond donors (Lipinski definition) is 0. The maximum atomic E-state index is 5.89. The van der Waals surface area contributed by atoms with Crippen molar-refractivity contribution < 1.29 is 4.74 Å². The molecule has 0 saturated carbocycles. The van der Waals surface area contributed by atoms with Gasteiger partial charge in [0.2, 0.25) is 0 Å². The van der Waals surface area contributed by atoms with Crippen molar-refractivity contribution in [3.05, 3.63) is 54.1 Å². The van der Waals surface area contributed by atoms with E-state index in [9.17, 15) is 0 Å². The molecular formula is C15H14O. The third-order valence-electron chi connectivity index (χ3n) is 3.01. The molecule has 0 amide bonds. The molecule has 0 aromatic heterocycles. The molecule has 80 valence electrons. The van der Waals surface area contributed by atoms with Crippen molar-refractivity contribution in [3.8, 4) is 16.9 Å². The van der Waals surface area contributed by atoms with Gasteiger partial charge in [0, 0.05) is 12.0 Å². The molecule has 0 bridgehead atoms. The van der Waals surface area contributed by atoms with Gasteiger partial charge in [0.05, 0.1) is 0 Å². The van der Waals surface area contributed by atoms with Gasteiger partial charge >= 0.3 is 0 Å². The summed E-state index contributed by atoms with van der Waals surface area (Å²) in [6.07, 6.45) is 1.33. The molecule has 0 N–H and O–H groups in total. The summed E-state index contributed by atoms with van der Waals surface area (Å²) in [6.45, 7) is 2.12. The average molecular weight is 210 g/mol. The SMILES string of the molecule is CC1Cc2cccc(-c3ccccc3)c2O1. The highest BCUT2D eigenvalue weighted by Gasteiger charge is 2.21. The van der Waals surface area contributed by atoms with Gasteiger partial charge in [0.25, 0.3) is 0 Å². The highest BCUT2D eigenvalue weighted by Crippen LogP contribution is 2.38. The Hall–Kier alpha value is -1.76. The topological polar surface area (TPSA) is 9.23 Å². The van der Waals surface area contributed by atoms with Crippen molar-refractivity contribution in [2.45, 2.75) is 19.4 Å². The lowest BCUT2D eigenvalue weighted by Gasteiger charge is -2.09. The molecule has 16 heavy (non-hydrogen) atoms. The van der Waals surface area contributed by atoms with Crippen molar-refractivity contribution in [1.82, 2.24) is 0 Å². The monoisotopic (exact) mass is 210 g/mol. The lowest BCUT2D eigenvalue weighted by Crippen LogP contribution is -2.05. The molecule has 1 nitrogen and oxygen atoms in total. The van der Waals surface area contributed by atoms with E-state index in [2.05, 4.69) is 49.4 Å². The molecule has 1 unspecified atom stereocenters. The van der Waals surface area contributed by atoms with Gasteiger partial charge in [-0.05, 0) is 18.1 Å². The molecule has 1 aliphatic rings. The molecule has 0 fully saturated rings. The van der Waals surface area contributed by atoms with Crippen LogP contribution in [0.4, 0.5) is 0 Å². The summed E-state index contributed by atoms with van der Waals surface area (Å²) >= 11 is 0. The van der Waals surface area contributed by atoms with Gasteiger partial charge < -0.3 is 4.74 Å². The first-order valence-electron chi connectivity index (χ1n) is 5.68. The minimum absolute atomic E-state index is 0.305. The molecule has 0 saturated heterocycles. The Balaban J connectivity index is 2.14. The van der Waals surface area contributed by atoms with E-state index >= 15 is 0 Å². The van der Waals surface area contributed by atoms with Crippen LogP contribution in [0.3, 0.4) is 0 Å². The van der Waals surface area contributed by atoms with E-state index in [0.717, 1.165) is 12.2 Å². The molecule has 1 heteroatoms. The van der Waals surface area contributed by atoms with E-state index in [1.54, 1.807) is 0 Å². The second kappa shape index (κ2) is 3.67. The first-order chi connectivity index (χ1) is 7.84. The fraction of sp³-hybridized carbons (Fsp3) is 0.200. The van der Waals surface area contributed by atoms with Crippen LogP contribution in [0.2, 0.25) is 0 Å². The fourth-order valence-electron chi connectivity index (χ4n) is 2.28. The van der Waals surface area contributed by atoms with E-state index in [4.69, 9.17) is 4.74 Å². The number of benzene rings is 2. The summed E-state index contributed by atoms with van der Waals surface area (Å²) in [5.41, 5.74) is 3.77. The van der Waals surface area contributed by atoms with E-state index in [-0.39, 0.29) is 0 Å². The quantitative estimate of drug-likeness (QED) is 0.697. The van der Waals surface area contributed by atoms with Crippen LogP contribution in [0.25, 0.3) is 11.1 Å². The van der Waals surface area contributed by atoms with E-state index in [0.29, 0.717) is 6.10 Å². The van der Waals surface area contributed by atoms with Gasteiger partial charge in [-0.2, -0.15) is 0 Å². The van der Waals surface area contributed by atoms with Gasteiger partial charge in [-0.25, -0.2) is 0 Å². The van der Waals surface area contributed by atoms with Crippen LogP contribution >= 0.6 is 0 Å². The standard InChI is InChI=1S/C15H14O/c1-11-10-13-8-5-9-14(15(13)16-11)12-6-3-2-4-7-12/h2-9,11H,10H2,1H3. The lowest BCUT2D eigenvalue weighted by atomic mass is 10.0. The molecule has 1 aliphatic heterocycles. The largest absolute Gasteiger partial charge is 0.489 e. The normalized spacial score (nSPS) is 17.9. The number of fused-ring (bicyclic) bond motifs is 1. The van der Waals surface area contributed by atoms with Gasteiger partial charge in [-0.15, -0.1) is 0 Å². The number of hydrogen-bond acceptors (Lipinski definition) is 1. The highest BCUT2D eigenvalue weighted by atomic mass is 16.5. The Morgan fingerprint density at radius 3 is 2.62 bits per heavy atom. The smallest absolute Gasteiger partial charge is 0.130 e. The Kier molecular flexibility index (Phi) is 2.17. The number of rotatable bonds is 1. The average Bonchev–Trinajstić information content (AvgIpc) is 2.70. The molecule has 0 spiro atoms. The van der Waals surface area contributed by atoms with E-state index < -0.39 is 0 Å². The molecule has 2 aromatic rings. The Bertz CT molecular complexity index is 502. The summed E-state index contributed by atoms with van der Waals surface area (Å²) in [6, 6.07) is 16.8. The zero-order valence-corrected chi connectivity index (χ0v) is 9.31. The van der Waals surface area contributed by atoms with Crippen LogP contribution in [0, 0.1) is 0 Å². The number of ether oxygens (including phenoxy) is 1. The van der Waals surface area contributed by atoms with Crippen LogP contribution < -0.4 is 4.74 Å². The van der Waals surface area contributed by atoms with E-state index in [1.807, 2.05) is 6.07 Å². The third-order valence-corrected chi connectivity index (χ3v) is 3.01. The minimum atomic E-state index is 0.305. The zero-order chi connectivity index (χ0) is 11.0. The fourth-order valence-corrected chi connectivity index (χ4v) is 2.28. The molecule has 1 atom stereocenters. The first kappa shape index (κ1) is 9.46. The Morgan fingerprint density at radius 1 is 1.00 bits per heavy atom. The summed E-state index contributed by atoms with van der Waals surface area (Å²) in [5, 5.41) is 0. The predicted molar refractivity (Wildman–Crippen MR) is 65.7 cm³/mol. The minimum Gasteiger partial charge on any atom is -0.489 e. The van der Waals surface area contributed by atoms with Crippen LogP contribution in [-0.2, 0) is 6.42 Å². The van der Waals surface area contributed by atoms with Crippen molar-refractivity contribution in [1.29, 1.82) is 0 Å². The van der Waals surface area contributed by atoms with Gasteiger partial charge in [0.1, 0.15) is 11.9 Å². The second-order valence-corrected chi connectivity index (χ2v) is 4.29. The van der Waals surface area contributed by atoms with Crippen LogP contribution in [-0.4, -0.2) is 6.10 Å². The van der Waals surface area contributed by atoms with Crippen LogP contribution in [0.15, 0.2) is 48.5 Å². The van der Waals surface area contributed by atoms with E-state index in [1.165, 1.54) is 16.7 Å². The number of para-hydroxylation sites is 1. The van der Waals surface area contributed by atoms with Gasteiger partial charge in [-0.3, -0.25) is 0 Å². The van der Waals surface area contributed by atoms with Crippen molar-refractivity contribution in [2.75, 3.05) is 0 Å². The third kappa shape index (κ3) is 1.49. The molecule has 1 heterocycles. The lowest BCUT2D eigenvalue weighted by molar-refractivity contribution is 0.255. The molecular weight excluding hydrogens is 196 g/mol. The molecule has 2 aromatic carbocycles. The van der Waals surface area contributed by atoms with Crippen molar-refractivity contribution in [2.24, 2.45) is 0 Å². The van der Waals surface area contributed by atoms with Crippen LogP contribution in [0.5, 0.6) is 5.75 Å². The summed E-state index contributed by atoms with van der Waals surface area (Å²) in [5.74, 6) is 1.07. The predicted octanol–water partition coefficient (Wildman–Crippen LogP) is 3.68. The maximum Gasteiger partial charge on any atom is 0.130 e. The highest BCUT2D eigenvalue weighted by molar-refractivity contribution is 5.72. The van der Waals surface area contributed by atoms with Crippen LogP contribution in [0.1, 0.15) is 12.5 Å². The maximum absolute atomic E-state index is 5.89. The molecule has 0 aliphatic carbocycles.